The molecule has 0 aliphatic heterocycles. The van der Waals surface area contributed by atoms with Gasteiger partial charge in [0, 0.05) is 5.56 Å². The maximum Gasteiger partial charge on any atom is 0.335 e. The number of aldehydes is 1. The van der Waals surface area contributed by atoms with E-state index in [4.69, 9.17) is 14.6 Å². The summed E-state index contributed by atoms with van der Waals surface area (Å²) >= 11 is 0. The first kappa shape index (κ1) is 12.6. The Hall–Kier alpha value is -2.89. The summed E-state index contributed by atoms with van der Waals surface area (Å²) in [4.78, 5) is 32.4. The molecule has 1 aromatic heterocycles. The second-order valence-electron chi connectivity index (χ2n) is 3.73. The molecule has 96 valence electrons. The van der Waals surface area contributed by atoms with Gasteiger partial charge in [-0.2, -0.15) is 0 Å². The smallest absolute Gasteiger partial charge is 0.335 e. The van der Waals surface area contributed by atoms with Crippen LogP contribution in [0.15, 0.2) is 34.7 Å². The van der Waals surface area contributed by atoms with Gasteiger partial charge in [-0.25, -0.2) is 9.59 Å². The quantitative estimate of drug-likeness (QED) is 0.816. The number of carbonyl (C=O) groups is 3. The van der Waals surface area contributed by atoms with Crippen LogP contribution in [0.5, 0.6) is 0 Å². The lowest BCUT2D eigenvalue weighted by Gasteiger charge is -2.02. The van der Waals surface area contributed by atoms with Crippen molar-refractivity contribution in [3.63, 3.8) is 0 Å². The Kier molecular flexibility index (Phi) is 3.15. The van der Waals surface area contributed by atoms with Crippen LogP contribution < -0.4 is 0 Å². The van der Waals surface area contributed by atoms with Crippen molar-refractivity contribution in [3.05, 3.63) is 47.2 Å². The number of hydrogen-bond acceptors (Lipinski definition) is 4. The molecule has 0 bridgehead atoms. The van der Waals surface area contributed by atoms with E-state index in [2.05, 4.69) is 0 Å². The van der Waals surface area contributed by atoms with Gasteiger partial charge >= 0.3 is 11.9 Å². The van der Waals surface area contributed by atoms with Crippen LogP contribution in [-0.4, -0.2) is 28.4 Å². The van der Waals surface area contributed by atoms with E-state index >= 15 is 0 Å². The highest BCUT2D eigenvalue weighted by atomic mass is 16.4. The van der Waals surface area contributed by atoms with Crippen molar-refractivity contribution in [1.29, 1.82) is 0 Å². The minimum atomic E-state index is -1.24. The van der Waals surface area contributed by atoms with Crippen molar-refractivity contribution in [2.45, 2.75) is 0 Å². The molecule has 0 atom stereocenters. The fourth-order valence-electron chi connectivity index (χ4n) is 1.59. The summed E-state index contributed by atoms with van der Waals surface area (Å²) in [6.45, 7) is 0. The molecule has 0 amide bonds. The molecule has 0 saturated carbocycles. The lowest BCUT2D eigenvalue weighted by atomic mass is 10.0. The van der Waals surface area contributed by atoms with Gasteiger partial charge in [0.2, 0.25) is 0 Å². The van der Waals surface area contributed by atoms with E-state index in [0.29, 0.717) is 6.29 Å². The molecule has 1 aromatic carbocycles. The van der Waals surface area contributed by atoms with Crippen molar-refractivity contribution >= 4 is 18.2 Å². The third-order valence-electron chi connectivity index (χ3n) is 2.45. The number of carboxylic acids is 2. The van der Waals surface area contributed by atoms with E-state index < -0.39 is 11.9 Å². The van der Waals surface area contributed by atoms with E-state index in [1.807, 2.05) is 0 Å². The van der Waals surface area contributed by atoms with Gasteiger partial charge in [0.25, 0.3) is 0 Å². The Labute approximate surface area is 106 Å². The molecule has 0 unspecified atom stereocenters. The monoisotopic (exact) mass is 260 g/mol. The minimum absolute atomic E-state index is 0.0765. The van der Waals surface area contributed by atoms with Gasteiger partial charge in [-0.3, -0.25) is 4.79 Å². The summed E-state index contributed by atoms with van der Waals surface area (Å²) in [5, 5.41) is 17.9. The van der Waals surface area contributed by atoms with Crippen molar-refractivity contribution in [2.75, 3.05) is 0 Å². The van der Waals surface area contributed by atoms with E-state index in [9.17, 15) is 14.4 Å². The Morgan fingerprint density at radius 2 is 1.58 bits per heavy atom. The zero-order valence-electron chi connectivity index (χ0n) is 9.49. The summed E-state index contributed by atoms with van der Waals surface area (Å²) in [6, 6.07) is 6.49. The molecular formula is C13H8O6. The zero-order valence-corrected chi connectivity index (χ0v) is 9.49. The minimum Gasteiger partial charge on any atom is -0.478 e. The normalized spacial score (nSPS) is 10.1. The third-order valence-corrected chi connectivity index (χ3v) is 2.45. The van der Waals surface area contributed by atoms with Crippen LogP contribution >= 0.6 is 0 Å². The Bertz CT molecular complexity index is 635. The fraction of sp³-hybridized carbons (Fsp3) is 0. The first-order valence-electron chi connectivity index (χ1n) is 5.18. The molecule has 0 aliphatic rings. The number of furan rings is 1. The zero-order chi connectivity index (χ0) is 14.0. The molecule has 2 rings (SSSR count). The summed E-state index contributed by atoms with van der Waals surface area (Å²) < 4.78 is 5.13. The molecule has 2 aromatic rings. The number of rotatable bonds is 4. The van der Waals surface area contributed by atoms with Crippen LogP contribution in [0.2, 0.25) is 0 Å². The van der Waals surface area contributed by atoms with Crippen LogP contribution in [0.1, 0.15) is 31.3 Å². The van der Waals surface area contributed by atoms with Gasteiger partial charge in [0.15, 0.2) is 12.0 Å². The van der Waals surface area contributed by atoms with Gasteiger partial charge in [-0.1, -0.05) is 0 Å². The SMILES string of the molecule is O=Cc1ccc(-c2cc(C(=O)O)cc(C(=O)O)c2)o1. The van der Waals surface area contributed by atoms with Crippen LogP contribution in [0.3, 0.4) is 0 Å². The third kappa shape index (κ3) is 2.52. The molecular weight excluding hydrogens is 252 g/mol. The topological polar surface area (TPSA) is 105 Å². The molecule has 0 aliphatic carbocycles. The molecule has 0 saturated heterocycles. The van der Waals surface area contributed by atoms with E-state index in [-0.39, 0.29) is 28.2 Å². The first-order valence-corrected chi connectivity index (χ1v) is 5.18. The maximum absolute atomic E-state index is 10.9. The summed E-state index contributed by atoms with van der Waals surface area (Å²) in [7, 11) is 0. The van der Waals surface area contributed by atoms with Gasteiger partial charge in [-0.05, 0) is 30.3 Å². The summed E-state index contributed by atoms with van der Waals surface area (Å²) in [6.07, 6.45) is 0.503. The average molecular weight is 260 g/mol. The standard InChI is InChI=1S/C13H8O6/c14-6-10-1-2-11(19-10)7-3-8(12(15)16)5-9(4-7)13(17)18/h1-6H,(H,15,16)(H,17,18). The van der Waals surface area contributed by atoms with Crippen molar-refractivity contribution in [3.8, 4) is 11.3 Å². The summed E-state index contributed by atoms with van der Waals surface area (Å²) in [5.41, 5.74) is -0.0525. The average Bonchev–Trinajstić information content (AvgIpc) is 2.86. The molecule has 6 nitrogen and oxygen atoms in total. The molecule has 1 heterocycles. The first-order chi connectivity index (χ1) is 9.01. The van der Waals surface area contributed by atoms with Gasteiger partial charge in [-0.15, -0.1) is 0 Å². The molecule has 6 heteroatoms. The van der Waals surface area contributed by atoms with E-state index in [1.54, 1.807) is 0 Å². The predicted octanol–water partition coefficient (Wildman–Crippen LogP) is 2.16. The number of carbonyl (C=O) groups excluding carboxylic acids is 1. The van der Waals surface area contributed by atoms with Crippen molar-refractivity contribution in [2.24, 2.45) is 0 Å². The van der Waals surface area contributed by atoms with Crippen LogP contribution in [0.4, 0.5) is 0 Å². The van der Waals surface area contributed by atoms with Crippen molar-refractivity contribution in [1.82, 2.24) is 0 Å². The van der Waals surface area contributed by atoms with E-state index in [1.165, 1.54) is 24.3 Å². The molecule has 0 spiro atoms. The lowest BCUT2D eigenvalue weighted by Crippen LogP contribution is -2.02. The highest BCUT2D eigenvalue weighted by Crippen LogP contribution is 2.24. The van der Waals surface area contributed by atoms with Gasteiger partial charge in [0.05, 0.1) is 11.1 Å². The van der Waals surface area contributed by atoms with Gasteiger partial charge < -0.3 is 14.6 Å². The second-order valence-corrected chi connectivity index (χ2v) is 3.73. The highest BCUT2D eigenvalue weighted by molar-refractivity contribution is 5.95. The van der Waals surface area contributed by atoms with Gasteiger partial charge in [0.1, 0.15) is 5.76 Å². The second kappa shape index (κ2) is 4.77. The highest BCUT2D eigenvalue weighted by Gasteiger charge is 2.14. The largest absolute Gasteiger partial charge is 0.478 e. The summed E-state index contributed by atoms with van der Waals surface area (Å²) in [5.74, 6) is -2.18. The van der Waals surface area contributed by atoms with Crippen LogP contribution in [0.25, 0.3) is 11.3 Å². The van der Waals surface area contributed by atoms with Crippen LogP contribution in [0, 0.1) is 0 Å². The number of aromatic carboxylic acids is 2. The molecule has 2 N–H and O–H groups in total. The Morgan fingerprint density at radius 1 is 1.00 bits per heavy atom. The number of carboxylic acid groups (broad SMARTS) is 2. The molecule has 19 heavy (non-hydrogen) atoms. The number of benzene rings is 1. The van der Waals surface area contributed by atoms with Crippen LogP contribution in [-0.2, 0) is 0 Å². The Balaban J connectivity index is 2.58. The molecule has 0 radical (unpaired) electrons. The molecule has 0 fully saturated rings. The van der Waals surface area contributed by atoms with E-state index in [0.717, 1.165) is 6.07 Å². The fourth-order valence-corrected chi connectivity index (χ4v) is 1.59. The lowest BCUT2D eigenvalue weighted by molar-refractivity contribution is 0.0696. The predicted molar refractivity (Wildman–Crippen MR) is 63.5 cm³/mol. The van der Waals surface area contributed by atoms with Crippen molar-refractivity contribution < 1.29 is 29.0 Å². The maximum atomic E-state index is 10.9. The Morgan fingerprint density at radius 3 is 2.00 bits per heavy atom. The number of hydrogen-bond donors (Lipinski definition) is 2.